The Bertz CT molecular complexity index is 405. The fraction of sp³-hybridized carbons (Fsp3) is 0.571. The first-order valence-corrected chi connectivity index (χ1v) is 6.42. The van der Waals surface area contributed by atoms with E-state index in [2.05, 4.69) is 11.9 Å². The molecule has 0 radical (unpaired) electrons. The molecule has 18 heavy (non-hydrogen) atoms. The summed E-state index contributed by atoms with van der Waals surface area (Å²) < 4.78 is 13.3. The van der Waals surface area contributed by atoms with Crippen LogP contribution in [0.1, 0.15) is 24.0 Å². The SMILES string of the molecule is CN(Cc1ccc(F)c(CN)c1)CC1CC(O)C1. The van der Waals surface area contributed by atoms with E-state index in [0.29, 0.717) is 11.5 Å². The predicted molar refractivity (Wildman–Crippen MR) is 69.4 cm³/mol. The fourth-order valence-electron chi connectivity index (χ4n) is 2.55. The number of halogens is 1. The number of rotatable bonds is 5. The van der Waals surface area contributed by atoms with Crippen LogP contribution in [0.5, 0.6) is 0 Å². The average Bonchev–Trinajstić information content (AvgIpc) is 2.29. The van der Waals surface area contributed by atoms with E-state index in [0.717, 1.165) is 31.5 Å². The minimum Gasteiger partial charge on any atom is -0.393 e. The summed E-state index contributed by atoms with van der Waals surface area (Å²) in [5, 5.41) is 9.25. The van der Waals surface area contributed by atoms with E-state index in [4.69, 9.17) is 5.73 Å². The Balaban J connectivity index is 1.88. The van der Waals surface area contributed by atoms with E-state index in [1.54, 1.807) is 6.07 Å². The molecule has 1 saturated carbocycles. The highest BCUT2D eigenvalue weighted by atomic mass is 19.1. The largest absolute Gasteiger partial charge is 0.393 e. The maximum Gasteiger partial charge on any atom is 0.127 e. The van der Waals surface area contributed by atoms with Crippen molar-refractivity contribution < 1.29 is 9.50 Å². The van der Waals surface area contributed by atoms with Crippen molar-refractivity contribution in [3.8, 4) is 0 Å². The van der Waals surface area contributed by atoms with Crippen LogP contribution in [0, 0.1) is 11.7 Å². The Morgan fingerprint density at radius 3 is 2.78 bits per heavy atom. The van der Waals surface area contributed by atoms with Crippen LogP contribution in [-0.2, 0) is 13.1 Å². The Hall–Kier alpha value is -0.970. The van der Waals surface area contributed by atoms with Crippen LogP contribution in [0.3, 0.4) is 0 Å². The lowest BCUT2D eigenvalue weighted by Crippen LogP contribution is -2.36. The first-order chi connectivity index (χ1) is 8.58. The molecule has 0 aliphatic heterocycles. The van der Waals surface area contributed by atoms with Gasteiger partial charge in [-0.15, -0.1) is 0 Å². The lowest BCUT2D eigenvalue weighted by Gasteiger charge is -2.34. The molecule has 4 heteroatoms. The van der Waals surface area contributed by atoms with Crippen LogP contribution in [0.4, 0.5) is 4.39 Å². The van der Waals surface area contributed by atoms with Crippen molar-refractivity contribution in [3.63, 3.8) is 0 Å². The highest BCUT2D eigenvalue weighted by Gasteiger charge is 2.27. The van der Waals surface area contributed by atoms with Crippen molar-refractivity contribution in [2.24, 2.45) is 11.7 Å². The standard InChI is InChI=1S/C14H21FN2O/c1-17(9-11-5-13(18)6-11)8-10-2-3-14(15)12(4-10)7-16/h2-4,11,13,18H,5-9,16H2,1H3. The second-order valence-corrected chi connectivity index (χ2v) is 5.32. The number of aliphatic hydroxyl groups is 1. The van der Waals surface area contributed by atoms with Crippen LogP contribution in [-0.4, -0.2) is 29.7 Å². The predicted octanol–water partition coefficient (Wildman–Crippen LogP) is 1.49. The molecule has 0 saturated heterocycles. The molecule has 2 rings (SSSR count). The third kappa shape index (κ3) is 3.28. The molecule has 1 aliphatic rings. The summed E-state index contributed by atoms with van der Waals surface area (Å²) in [5.41, 5.74) is 7.15. The molecule has 0 aromatic heterocycles. The molecule has 1 aliphatic carbocycles. The molecule has 0 heterocycles. The highest BCUT2D eigenvalue weighted by molar-refractivity contribution is 5.24. The van der Waals surface area contributed by atoms with E-state index in [1.807, 2.05) is 6.07 Å². The van der Waals surface area contributed by atoms with Crippen LogP contribution >= 0.6 is 0 Å². The zero-order chi connectivity index (χ0) is 13.1. The van der Waals surface area contributed by atoms with Gasteiger partial charge in [-0.2, -0.15) is 0 Å². The summed E-state index contributed by atoms with van der Waals surface area (Å²) in [5.74, 6) is 0.366. The molecule has 0 unspecified atom stereocenters. The van der Waals surface area contributed by atoms with Crippen molar-refractivity contribution in [2.75, 3.05) is 13.6 Å². The Morgan fingerprint density at radius 1 is 1.44 bits per heavy atom. The normalized spacial score (nSPS) is 23.2. The van der Waals surface area contributed by atoms with E-state index >= 15 is 0 Å². The average molecular weight is 252 g/mol. The van der Waals surface area contributed by atoms with Crippen LogP contribution in [0.2, 0.25) is 0 Å². The quantitative estimate of drug-likeness (QED) is 0.834. The molecular formula is C14H21FN2O. The number of benzene rings is 1. The van der Waals surface area contributed by atoms with E-state index in [-0.39, 0.29) is 18.5 Å². The van der Waals surface area contributed by atoms with Gasteiger partial charge in [-0.05, 0) is 37.4 Å². The molecule has 1 aromatic carbocycles. The second-order valence-electron chi connectivity index (χ2n) is 5.32. The van der Waals surface area contributed by atoms with Gasteiger partial charge in [0.05, 0.1) is 6.10 Å². The maximum atomic E-state index is 13.3. The van der Waals surface area contributed by atoms with E-state index in [9.17, 15) is 9.50 Å². The zero-order valence-electron chi connectivity index (χ0n) is 10.8. The maximum absolute atomic E-state index is 13.3. The van der Waals surface area contributed by atoms with Gasteiger partial charge in [-0.1, -0.05) is 12.1 Å². The molecule has 0 atom stereocenters. The van der Waals surface area contributed by atoms with Crippen LogP contribution < -0.4 is 5.73 Å². The lowest BCUT2D eigenvalue weighted by molar-refractivity contribution is 0.0274. The summed E-state index contributed by atoms with van der Waals surface area (Å²) in [7, 11) is 2.05. The summed E-state index contributed by atoms with van der Waals surface area (Å²) >= 11 is 0. The minimum atomic E-state index is -0.231. The van der Waals surface area contributed by atoms with Gasteiger partial charge in [0.2, 0.25) is 0 Å². The lowest BCUT2D eigenvalue weighted by atomic mass is 9.82. The fourth-order valence-corrected chi connectivity index (χ4v) is 2.55. The van der Waals surface area contributed by atoms with E-state index < -0.39 is 0 Å². The summed E-state index contributed by atoms with van der Waals surface area (Å²) in [4.78, 5) is 2.21. The van der Waals surface area contributed by atoms with Crippen molar-refractivity contribution in [3.05, 3.63) is 35.1 Å². The van der Waals surface area contributed by atoms with Gasteiger partial charge < -0.3 is 15.7 Å². The molecule has 100 valence electrons. The smallest absolute Gasteiger partial charge is 0.127 e. The van der Waals surface area contributed by atoms with Crippen molar-refractivity contribution in [1.82, 2.24) is 4.90 Å². The molecule has 1 aromatic rings. The topological polar surface area (TPSA) is 49.5 Å². The molecular weight excluding hydrogens is 231 g/mol. The minimum absolute atomic E-state index is 0.0990. The molecule has 3 N–H and O–H groups in total. The van der Waals surface area contributed by atoms with E-state index in [1.165, 1.54) is 6.07 Å². The third-order valence-corrected chi connectivity index (χ3v) is 3.56. The first-order valence-electron chi connectivity index (χ1n) is 6.42. The monoisotopic (exact) mass is 252 g/mol. The highest BCUT2D eigenvalue weighted by Crippen LogP contribution is 2.27. The number of aliphatic hydroxyl groups excluding tert-OH is 1. The molecule has 0 bridgehead atoms. The van der Waals surface area contributed by atoms with Gasteiger partial charge in [0, 0.05) is 25.2 Å². The number of hydrogen-bond acceptors (Lipinski definition) is 3. The number of hydrogen-bond donors (Lipinski definition) is 2. The zero-order valence-corrected chi connectivity index (χ0v) is 10.8. The summed E-state index contributed by atoms with van der Waals surface area (Å²) in [6.45, 7) is 2.00. The first kappa shape index (κ1) is 13.5. The Kier molecular flexibility index (Phi) is 4.32. The molecule has 0 spiro atoms. The van der Waals surface area contributed by atoms with Crippen molar-refractivity contribution >= 4 is 0 Å². The van der Waals surface area contributed by atoms with Gasteiger partial charge in [0.25, 0.3) is 0 Å². The van der Waals surface area contributed by atoms with Gasteiger partial charge in [0.1, 0.15) is 5.82 Å². The molecule has 3 nitrogen and oxygen atoms in total. The van der Waals surface area contributed by atoms with Crippen molar-refractivity contribution in [1.29, 1.82) is 0 Å². The third-order valence-electron chi connectivity index (χ3n) is 3.56. The van der Waals surface area contributed by atoms with Gasteiger partial charge in [-0.3, -0.25) is 0 Å². The van der Waals surface area contributed by atoms with Gasteiger partial charge in [0.15, 0.2) is 0 Å². The molecule has 0 amide bonds. The van der Waals surface area contributed by atoms with Crippen LogP contribution in [0.25, 0.3) is 0 Å². The van der Waals surface area contributed by atoms with Gasteiger partial charge in [-0.25, -0.2) is 4.39 Å². The van der Waals surface area contributed by atoms with Crippen LogP contribution in [0.15, 0.2) is 18.2 Å². The second kappa shape index (κ2) is 5.78. The Labute approximate surface area is 107 Å². The molecule has 1 fully saturated rings. The number of nitrogens with two attached hydrogens (primary N) is 1. The summed E-state index contributed by atoms with van der Waals surface area (Å²) in [6.07, 6.45) is 1.71. The Morgan fingerprint density at radius 2 is 2.17 bits per heavy atom. The van der Waals surface area contributed by atoms with Crippen molar-refractivity contribution in [2.45, 2.75) is 32.0 Å². The summed E-state index contributed by atoms with van der Waals surface area (Å²) in [6, 6.07) is 5.13. The number of nitrogens with zero attached hydrogens (tertiary/aromatic N) is 1. The van der Waals surface area contributed by atoms with Gasteiger partial charge >= 0.3 is 0 Å².